The van der Waals surface area contributed by atoms with Crippen LogP contribution in [-0.2, 0) is 4.74 Å². The number of rotatable bonds is 6. The van der Waals surface area contributed by atoms with Gasteiger partial charge in [-0.1, -0.05) is 13.3 Å². The predicted molar refractivity (Wildman–Crippen MR) is 64.6 cm³/mol. The first-order valence-corrected chi connectivity index (χ1v) is 6.61. The number of nitrogens with zero attached hydrogens (tertiary/aromatic N) is 1. The van der Waals surface area contributed by atoms with E-state index < -0.39 is 12.1 Å². The fourth-order valence-corrected chi connectivity index (χ4v) is 1.95. The molecule has 1 rings (SSSR count). The van der Waals surface area contributed by atoms with E-state index in [1.807, 2.05) is 4.90 Å². The first kappa shape index (κ1) is 15.7. The zero-order valence-electron chi connectivity index (χ0n) is 10.9. The molecule has 0 spiro atoms. The third-order valence-corrected chi connectivity index (χ3v) is 3.13. The summed E-state index contributed by atoms with van der Waals surface area (Å²) < 4.78 is 43.5. The lowest BCUT2D eigenvalue weighted by molar-refractivity contribution is -0.176. The van der Waals surface area contributed by atoms with Crippen molar-refractivity contribution in [2.45, 2.75) is 25.9 Å². The molecule has 0 aromatic heterocycles. The summed E-state index contributed by atoms with van der Waals surface area (Å²) in [4.78, 5) is 1.84. The van der Waals surface area contributed by atoms with Gasteiger partial charge in [-0.25, -0.2) is 0 Å². The molecule has 0 amide bonds. The lowest BCUT2D eigenvalue weighted by Crippen LogP contribution is -2.39. The molecular formula is C12H23F3N2O. The quantitative estimate of drug-likeness (QED) is 0.745. The Kier molecular flexibility index (Phi) is 6.96. The van der Waals surface area contributed by atoms with Crippen LogP contribution in [0.5, 0.6) is 0 Å². The summed E-state index contributed by atoms with van der Waals surface area (Å²) in [5.41, 5.74) is 0. The van der Waals surface area contributed by atoms with Gasteiger partial charge in [0.1, 0.15) is 0 Å². The van der Waals surface area contributed by atoms with E-state index in [0.29, 0.717) is 32.8 Å². The third-order valence-electron chi connectivity index (χ3n) is 3.13. The average molecular weight is 268 g/mol. The summed E-state index contributed by atoms with van der Waals surface area (Å²) >= 11 is 0. The molecule has 0 aliphatic carbocycles. The molecule has 0 radical (unpaired) electrons. The molecule has 1 N–H and O–H groups in total. The molecule has 108 valence electrons. The van der Waals surface area contributed by atoms with Crippen LogP contribution in [0.3, 0.4) is 0 Å². The Morgan fingerprint density at radius 3 is 2.78 bits per heavy atom. The van der Waals surface area contributed by atoms with Gasteiger partial charge in [-0.2, -0.15) is 13.2 Å². The van der Waals surface area contributed by atoms with E-state index >= 15 is 0 Å². The minimum absolute atomic E-state index is 0.0245. The number of ether oxygens (including phenoxy) is 1. The second-order valence-electron chi connectivity index (χ2n) is 4.71. The van der Waals surface area contributed by atoms with Gasteiger partial charge in [0.15, 0.2) is 0 Å². The van der Waals surface area contributed by atoms with Crippen LogP contribution in [-0.4, -0.2) is 57.0 Å². The average Bonchev–Trinajstić information content (AvgIpc) is 2.54. The van der Waals surface area contributed by atoms with Crippen molar-refractivity contribution in [3.8, 4) is 0 Å². The lowest BCUT2D eigenvalue weighted by atomic mass is 10.1. The van der Waals surface area contributed by atoms with E-state index in [-0.39, 0.29) is 13.1 Å². The van der Waals surface area contributed by atoms with Gasteiger partial charge in [0.2, 0.25) is 0 Å². The summed E-state index contributed by atoms with van der Waals surface area (Å²) in [6, 6.07) is 0. The SMILES string of the molecule is CCCCOCCN1CCNCC(C(F)(F)F)C1. The smallest absolute Gasteiger partial charge is 0.380 e. The Morgan fingerprint density at radius 2 is 2.11 bits per heavy atom. The molecule has 0 bridgehead atoms. The maximum absolute atomic E-state index is 12.7. The standard InChI is InChI=1S/C12H23F3N2O/c1-2-3-7-18-8-6-17-5-4-16-9-11(10-17)12(13,14)15/h11,16H,2-10H2,1H3. The van der Waals surface area contributed by atoms with E-state index in [4.69, 9.17) is 4.74 Å². The van der Waals surface area contributed by atoms with E-state index in [2.05, 4.69) is 12.2 Å². The summed E-state index contributed by atoms with van der Waals surface area (Å²) in [6.45, 7) is 5.25. The van der Waals surface area contributed by atoms with Crippen molar-refractivity contribution in [3.05, 3.63) is 0 Å². The monoisotopic (exact) mass is 268 g/mol. The van der Waals surface area contributed by atoms with Gasteiger partial charge < -0.3 is 10.1 Å². The largest absolute Gasteiger partial charge is 0.394 e. The molecular weight excluding hydrogens is 245 g/mol. The van der Waals surface area contributed by atoms with E-state index in [1.165, 1.54) is 0 Å². The second-order valence-corrected chi connectivity index (χ2v) is 4.71. The molecule has 1 saturated heterocycles. The van der Waals surface area contributed by atoms with Crippen molar-refractivity contribution in [2.75, 3.05) is 45.9 Å². The molecule has 18 heavy (non-hydrogen) atoms. The van der Waals surface area contributed by atoms with Crippen molar-refractivity contribution in [1.29, 1.82) is 0 Å². The van der Waals surface area contributed by atoms with Crippen LogP contribution in [0, 0.1) is 5.92 Å². The first-order chi connectivity index (χ1) is 8.54. The Morgan fingerprint density at radius 1 is 1.33 bits per heavy atom. The van der Waals surface area contributed by atoms with Gasteiger partial charge in [0, 0.05) is 39.3 Å². The van der Waals surface area contributed by atoms with Gasteiger partial charge in [-0.15, -0.1) is 0 Å². The van der Waals surface area contributed by atoms with Crippen molar-refractivity contribution in [1.82, 2.24) is 10.2 Å². The van der Waals surface area contributed by atoms with Crippen LogP contribution in [0.15, 0.2) is 0 Å². The van der Waals surface area contributed by atoms with Crippen LogP contribution in [0.25, 0.3) is 0 Å². The van der Waals surface area contributed by atoms with Crippen molar-refractivity contribution >= 4 is 0 Å². The topological polar surface area (TPSA) is 24.5 Å². The number of halogens is 3. The first-order valence-electron chi connectivity index (χ1n) is 6.61. The molecule has 6 heteroatoms. The van der Waals surface area contributed by atoms with Crippen molar-refractivity contribution in [2.24, 2.45) is 5.92 Å². The molecule has 0 saturated carbocycles. The van der Waals surface area contributed by atoms with Crippen LogP contribution < -0.4 is 5.32 Å². The molecule has 0 aromatic rings. The highest BCUT2D eigenvalue weighted by Crippen LogP contribution is 2.27. The third kappa shape index (κ3) is 6.02. The fraction of sp³-hybridized carbons (Fsp3) is 1.00. The minimum atomic E-state index is -4.11. The van der Waals surface area contributed by atoms with Crippen LogP contribution in [0.1, 0.15) is 19.8 Å². The molecule has 0 aromatic carbocycles. The number of unbranched alkanes of at least 4 members (excludes halogenated alkanes) is 1. The van der Waals surface area contributed by atoms with E-state index in [1.54, 1.807) is 0 Å². The van der Waals surface area contributed by atoms with Gasteiger partial charge in [0.05, 0.1) is 12.5 Å². The number of hydrogen-bond acceptors (Lipinski definition) is 3. The fourth-order valence-electron chi connectivity index (χ4n) is 1.95. The van der Waals surface area contributed by atoms with E-state index in [9.17, 15) is 13.2 Å². The Labute approximate surface area is 107 Å². The molecule has 1 unspecified atom stereocenters. The maximum Gasteiger partial charge on any atom is 0.394 e. The highest BCUT2D eigenvalue weighted by Gasteiger charge is 2.40. The van der Waals surface area contributed by atoms with E-state index in [0.717, 1.165) is 12.8 Å². The Hall–Kier alpha value is -0.330. The minimum Gasteiger partial charge on any atom is -0.380 e. The van der Waals surface area contributed by atoms with Gasteiger partial charge >= 0.3 is 6.18 Å². The summed E-state index contributed by atoms with van der Waals surface area (Å²) in [5.74, 6) is -1.27. The van der Waals surface area contributed by atoms with Crippen LogP contribution >= 0.6 is 0 Å². The van der Waals surface area contributed by atoms with Gasteiger partial charge in [-0.05, 0) is 6.42 Å². The van der Waals surface area contributed by atoms with Crippen molar-refractivity contribution < 1.29 is 17.9 Å². The molecule has 1 atom stereocenters. The van der Waals surface area contributed by atoms with Crippen molar-refractivity contribution in [3.63, 3.8) is 0 Å². The second kappa shape index (κ2) is 7.96. The summed E-state index contributed by atoms with van der Waals surface area (Å²) in [7, 11) is 0. The molecule has 1 fully saturated rings. The maximum atomic E-state index is 12.7. The molecule has 1 aliphatic heterocycles. The van der Waals surface area contributed by atoms with Gasteiger partial charge in [-0.3, -0.25) is 4.90 Å². The predicted octanol–water partition coefficient (Wildman–Crippen LogP) is 1.89. The number of nitrogens with one attached hydrogen (secondary N) is 1. The summed E-state index contributed by atoms with van der Waals surface area (Å²) in [6.07, 6.45) is -2.03. The Bertz CT molecular complexity index is 224. The van der Waals surface area contributed by atoms with Gasteiger partial charge in [0.25, 0.3) is 0 Å². The zero-order chi connectivity index (χ0) is 13.4. The number of hydrogen-bond donors (Lipinski definition) is 1. The normalized spacial score (nSPS) is 23.0. The zero-order valence-corrected chi connectivity index (χ0v) is 10.9. The van der Waals surface area contributed by atoms with Crippen LogP contribution in [0.4, 0.5) is 13.2 Å². The highest BCUT2D eigenvalue weighted by molar-refractivity contribution is 4.78. The van der Waals surface area contributed by atoms with Crippen LogP contribution in [0.2, 0.25) is 0 Å². The molecule has 1 heterocycles. The number of alkyl halides is 3. The Balaban J connectivity index is 2.26. The molecule has 3 nitrogen and oxygen atoms in total. The highest BCUT2D eigenvalue weighted by atomic mass is 19.4. The summed E-state index contributed by atoms with van der Waals surface area (Å²) in [5, 5.41) is 2.84. The molecule has 1 aliphatic rings. The lowest BCUT2D eigenvalue weighted by Gasteiger charge is -2.25.